The van der Waals surface area contributed by atoms with Crippen LogP contribution in [0.2, 0.25) is 0 Å². The van der Waals surface area contributed by atoms with Gasteiger partial charge in [-0.05, 0) is 12.8 Å². The van der Waals surface area contributed by atoms with Gasteiger partial charge in [0.2, 0.25) is 5.60 Å². The number of hydrazone groups is 1. The summed E-state index contributed by atoms with van der Waals surface area (Å²) in [5.74, 6) is -1.15. The van der Waals surface area contributed by atoms with Crippen LogP contribution in [-0.4, -0.2) is 54.3 Å². The van der Waals surface area contributed by atoms with Crippen LogP contribution in [0.3, 0.4) is 0 Å². The van der Waals surface area contributed by atoms with E-state index in [9.17, 15) is 23.1 Å². The van der Waals surface area contributed by atoms with Crippen LogP contribution in [0.25, 0.3) is 0 Å². The summed E-state index contributed by atoms with van der Waals surface area (Å²) in [6.07, 6.45) is -4.12. The normalized spacial score (nSPS) is 20.2. The van der Waals surface area contributed by atoms with E-state index in [1.807, 2.05) is 0 Å². The van der Waals surface area contributed by atoms with E-state index < -0.39 is 24.2 Å². The van der Waals surface area contributed by atoms with E-state index in [-0.39, 0.29) is 0 Å². The molecule has 8 heteroatoms. The molecule has 1 fully saturated rings. The van der Waals surface area contributed by atoms with E-state index in [2.05, 4.69) is 9.84 Å². The highest BCUT2D eigenvalue weighted by molar-refractivity contribution is 5.80. The van der Waals surface area contributed by atoms with Crippen LogP contribution >= 0.6 is 0 Å². The number of aliphatic hydroxyl groups is 1. The van der Waals surface area contributed by atoms with E-state index in [4.69, 9.17) is 0 Å². The highest BCUT2D eigenvalue weighted by atomic mass is 19.4. The van der Waals surface area contributed by atoms with E-state index in [1.165, 1.54) is 5.01 Å². The molecule has 0 aromatic rings. The smallest absolute Gasteiger partial charge is 0.423 e. The first-order valence-corrected chi connectivity index (χ1v) is 5.44. The maximum absolute atomic E-state index is 12.7. The van der Waals surface area contributed by atoms with E-state index in [1.54, 1.807) is 0 Å². The molecule has 0 amide bonds. The molecule has 0 aliphatic carbocycles. The van der Waals surface area contributed by atoms with Gasteiger partial charge in [0, 0.05) is 13.1 Å². The van der Waals surface area contributed by atoms with Gasteiger partial charge in [-0.2, -0.15) is 18.3 Å². The SMILES string of the molecule is COC(=O)CC(O)(/C=N/N1CCCC1)C(F)(F)F. The molecule has 1 aliphatic heterocycles. The molecule has 0 bridgehead atoms. The Bertz CT molecular complexity index is 327. The minimum atomic E-state index is -4.98. The van der Waals surface area contributed by atoms with Crippen LogP contribution in [-0.2, 0) is 9.53 Å². The summed E-state index contributed by atoms with van der Waals surface area (Å²) in [5.41, 5.74) is -3.29. The molecule has 1 unspecified atom stereocenters. The fourth-order valence-electron chi connectivity index (χ4n) is 1.50. The summed E-state index contributed by atoms with van der Waals surface area (Å²) in [7, 11) is 0.955. The molecule has 1 aliphatic rings. The van der Waals surface area contributed by atoms with Crippen molar-refractivity contribution in [3.63, 3.8) is 0 Å². The molecular weight excluding hydrogens is 253 g/mol. The minimum absolute atomic E-state index is 0.370. The van der Waals surface area contributed by atoms with Gasteiger partial charge in [0.15, 0.2) is 0 Å². The number of hydrogen-bond acceptors (Lipinski definition) is 5. The number of rotatable bonds is 4. The second-order valence-electron chi connectivity index (χ2n) is 4.08. The number of ether oxygens (including phenoxy) is 1. The van der Waals surface area contributed by atoms with Gasteiger partial charge in [0.05, 0.1) is 19.7 Å². The second kappa shape index (κ2) is 5.55. The van der Waals surface area contributed by atoms with Crippen LogP contribution in [0, 0.1) is 0 Å². The zero-order valence-corrected chi connectivity index (χ0v) is 9.90. The quantitative estimate of drug-likeness (QED) is 0.608. The van der Waals surface area contributed by atoms with E-state index >= 15 is 0 Å². The van der Waals surface area contributed by atoms with Crippen molar-refractivity contribution < 1.29 is 27.8 Å². The Kier molecular flexibility index (Phi) is 4.55. The Balaban J connectivity index is 2.80. The fourth-order valence-corrected chi connectivity index (χ4v) is 1.50. The van der Waals surface area contributed by atoms with E-state index in [0.29, 0.717) is 19.3 Å². The van der Waals surface area contributed by atoms with Gasteiger partial charge in [0.25, 0.3) is 0 Å². The number of alkyl halides is 3. The molecular formula is C10H15F3N2O3. The lowest BCUT2D eigenvalue weighted by molar-refractivity contribution is -0.232. The van der Waals surface area contributed by atoms with Crippen molar-refractivity contribution in [1.82, 2.24) is 5.01 Å². The standard InChI is InChI=1S/C10H15F3N2O3/c1-18-8(16)6-9(17,10(11,12)13)7-14-15-4-2-3-5-15/h7,17H,2-6H2,1H3/b14-7+. The predicted octanol–water partition coefficient (Wildman–Crippen LogP) is 0.924. The Hall–Kier alpha value is -1.31. The maximum atomic E-state index is 12.7. The van der Waals surface area contributed by atoms with Crippen LogP contribution in [0.4, 0.5) is 13.2 Å². The van der Waals surface area contributed by atoms with Crippen LogP contribution in [0.15, 0.2) is 5.10 Å². The number of hydrogen-bond donors (Lipinski definition) is 1. The Morgan fingerprint density at radius 1 is 1.44 bits per heavy atom. The summed E-state index contributed by atoms with van der Waals surface area (Å²) >= 11 is 0. The summed E-state index contributed by atoms with van der Waals surface area (Å²) in [5, 5.41) is 14.5. The molecule has 0 saturated carbocycles. The average molecular weight is 268 g/mol. The van der Waals surface area contributed by atoms with Crippen molar-refractivity contribution in [3.8, 4) is 0 Å². The molecule has 104 valence electrons. The van der Waals surface area contributed by atoms with Crippen molar-refractivity contribution in [3.05, 3.63) is 0 Å². The number of methoxy groups -OCH3 is 1. The molecule has 18 heavy (non-hydrogen) atoms. The zero-order valence-electron chi connectivity index (χ0n) is 9.90. The number of halogens is 3. The van der Waals surface area contributed by atoms with Crippen molar-refractivity contribution in [1.29, 1.82) is 0 Å². The largest absolute Gasteiger partial charge is 0.469 e. The van der Waals surface area contributed by atoms with Crippen molar-refractivity contribution in [2.45, 2.75) is 31.0 Å². The number of carbonyl (C=O) groups excluding carboxylic acids is 1. The van der Waals surface area contributed by atoms with Crippen LogP contribution in [0.5, 0.6) is 0 Å². The van der Waals surface area contributed by atoms with E-state index in [0.717, 1.165) is 20.0 Å². The molecule has 1 rings (SSSR count). The number of esters is 1. The van der Waals surface area contributed by atoms with Gasteiger partial charge in [0.1, 0.15) is 0 Å². The third-order valence-corrected chi connectivity index (χ3v) is 2.65. The zero-order chi connectivity index (χ0) is 13.8. The second-order valence-corrected chi connectivity index (χ2v) is 4.08. The summed E-state index contributed by atoms with van der Waals surface area (Å²) in [4.78, 5) is 10.9. The molecule has 0 aromatic heterocycles. The lowest BCUT2D eigenvalue weighted by Gasteiger charge is -2.26. The van der Waals surface area contributed by atoms with Gasteiger partial charge >= 0.3 is 12.1 Å². The lowest BCUT2D eigenvalue weighted by Crippen LogP contribution is -2.49. The van der Waals surface area contributed by atoms with Gasteiger partial charge in [-0.3, -0.25) is 9.80 Å². The molecule has 0 aromatic carbocycles. The number of nitrogens with zero attached hydrogens (tertiary/aromatic N) is 2. The molecule has 1 N–H and O–H groups in total. The predicted molar refractivity (Wildman–Crippen MR) is 56.9 cm³/mol. The third kappa shape index (κ3) is 3.59. The monoisotopic (exact) mass is 268 g/mol. The van der Waals surface area contributed by atoms with Crippen molar-refractivity contribution >= 4 is 12.2 Å². The topological polar surface area (TPSA) is 62.1 Å². The summed E-state index contributed by atoms with van der Waals surface area (Å²) in [6, 6.07) is 0. The van der Waals surface area contributed by atoms with Gasteiger partial charge in [-0.1, -0.05) is 0 Å². The van der Waals surface area contributed by atoms with Crippen LogP contribution in [0.1, 0.15) is 19.3 Å². The lowest BCUT2D eigenvalue weighted by atomic mass is 10.0. The molecule has 1 saturated heterocycles. The molecule has 0 spiro atoms. The van der Waals surface area contributed by atoms with Crippen LogP contribution < -0.4 is 0 Å². The first kappa shape index (κ1) is 14.7. The molecule has 1 heterocycles. The molecule has 0 radical (unpaired) electrons. The first-order chi connectivity index (χ1) is 8.28. The fraction of sp³-hybridized carbons (Fsp3) is 0.800. The molecule has 1 atom stereocenters. The van der Waals surface area contributed by atoms with Crippen molar-refractivity contribution in [2.24, 2.45) is 5.10 Å². The molecule has 5 nitrogen and oxygen atoms in total. The van der Waals surface area contributed by atoms with Gasteiger partial charge < -0.3 is 9.84 Å². The van der Waals surface area contributed by atoms with Gasteiger partial charge in [-0.25, -0.2) is 0 Å². The summed E-state index contributed by atoms with van der Waals surface area (Å²) in [6.45, 7) is 1.09. The van der Waals surface area contributed by atoms with Crippen molar-refractivity contribution in [2.75, 3.05) is 20.2 Å². The third-order valence-electron chi connectivity index (χ3n) is 2.65. The Morgan fingerprint density at radius 2 is 2.00 bits per heavy atom. The maximum Gasteiger partial charge on any atom is 0.423 e. The average Bonchev–Trinajstić information content (AvgIpc) is 2.77. The minimum Gasteiger partial charge on any atom is -0.469 e. The Morgan fingerprint density at radius 3 is 2.44 bits per heavy atom. The number of carbonyl (C=O) groups is 1. The summed E-state index contributed by atoms with van der Waals surface area (Å²) < 4.78 is 42.3. The van der Waals surface area contributed by atoms with Gasteiger partial charge in [-0.15, -0.1) is 0 Å². The highest BCUT2D eigenvalue weighted by Gasteiger charge is 2.54. The first-order valence-electron chi connectivity index (χ1n) is 5.44. The Labute approximate surface area is 102 Å². The highest BCUT2D eigenvalue weighted by Crippen LogP contribution is 2.32.